The van der Waals surface area contributed by atoms with E-state index in [9.17, 15) is 9.59 Å². The minimum atomic E-state index is -0.948. The molecule has 0 radical (unpaired) electrons. The molecule has 0 aromatic heterocycles. The average molecular weight is 251 g/mol. The highest BCUT2D eigenvalue weighted by Crippen LogP contribution is 2.16. The monoisotopic (exact) mass is 251 g/mol. The Hall–Kier alpha value is -1.88. The first-order chi connectivity index (χ1) is 8.54. The van der Waals surface area contributed by atoms with Crippen molar-refractivity contribution in [3.8, 4) is 0 Å². The lowest BCUT2D eigenvalue weighted by molar-refractivity contribution is -0.138. The van der Waals surface area contributed by atoms with E-state index < -0.39 is 18.1 Å². The highest BCUT2D eigenvalue weighted by atomic mass is 16.5. The second-order valence-electron chi connectivity index (χ2n) is 4.03. The summed E-state index contributed by atoms with van der Waals surface area (Å²) in [6, 6.07) is 8.62. The fraction of sp³-hybridized carbons (Fsp3) is 0.385. The van der Waals surface area contributed by atoms with Crippen LogP contribution in [0.25, 0.3) is 0 Å². The van der Waals surface area contributed by atoms with Gasteiger partial charge in [0, 0.05) is 13.2 Å². The third-order valence-corrected chi connectivity index (χ3v) is 2.45. The summed E-state index contributed by atoms with van der Waals surface area (Å²) < 4.78 is 5.14. The summed E-state index contributed by atoms with van der Waals surface area (Å²) in [6.07, 6.45) is -0.834. The number of aliphatic carboxylic acids is 1. The maximum absolute atomic E-state index is 11.9. The molecule has 0 bridgehead atoms. The van der Waals surface area contributed by atoms with E-state index in [4.69, 9.17) is 9.84 Å². The number of ether oxygens (including phenoxy) is 1. The topological polar surface area (TPSA) is 75.6 Å². The number of amides is 1. The van der Waals surface area contributed by atoms with Gasteiger partial charge in [-0.2, -0.15) is 0 Å². The number of methoxy groups -OCH3 is 1. The van der Waals surface area contributed by atoms with Crippen LogP contribution in [0.4, 0.5) is 0 Å². The van der Waals surface area contributed by atoms with Crippen molar-refractivity contribution in [2.24, 2.45) is 0 Å². The van der Waals surface area contributed by atoms with Crippen LogP contribution in [-0.2, 0) is 14.3 Å². The van der Waals surface area contributed by atoms with Crippen LogP contribution < -0.4 is 5.32 Å². The van der Waals surface area contributed by atoms with Crippen molar-refractivity contribution in [3.63, 3.8) is 0 Å². The normalized spacial score (nSPS) is 13.7. The second kappa shape index (κ2) is 6.76. The Morgan fingerprint density at radius 3 is 2.44 bits per heavy atom. The molecule has 2 unspecified atom stereocenters. The van der Waals surface area contributed by atoms with Crippen LogP contribution in [-0.4, -0.2) is 30.1 Å². The van der Waals surface area contributed by atoms with Crippen LogP contribution >= 0.6 is 0 Å². The molecule has 0 aliphatic rings. The van der Waals surface area contributed by atoms with Crippen molar-refractivity contribution in [1.82, 2.24) is 5.32 Å². The van der Waals surface area contributed by atoms with Gasteiger partial charge in [-0.05, 0) is 12.5 Å². The molecule has 2 atom stereocenters. The van der Waals surface area contributed by atoms with E-state index in [-0.39, 0.29) is 12.3 Å². The number of carboxylic acid groups (broad SMARTS) is 1. The molecule has 98 valence electrons. The molecule has 0 aliphatic heterocycles. The number of nitrogens with one attached hydrogen (secondary N) is 1. The van der Waals surface area contributed by atoms with Crippen molar-refractivity contribution in [1.29, 1.82) is 0 Å². The van der Waals surface area contributed by atoms with Crippen LogP contribution in [0.5, 0.6) is 0 Å². The predicted octanol–water partition coefficient (Wildman–Crippen LogP) is 1.35. The zero-order valence-electron chi connectivity index (χ0n) is 10.4. The van der Waals surface area contributed by atoms with Gasteiger partial charge in [-0.25, -0.2) is 0 Å². The lowest BCUT2D eigenvalue weighted by atomic mass is 10.1. The summed E-state index contributed by atoms with van der Waals surface area (Å²) in [5.74, 6) is -1.28. The second-order valence-corrected chi connectivity index (χ2v) is 4.03. The van der Waals surface area contributed by atoms with Crippen LogP contribution in [0.2, 0.25) is 0 Å². The van der Waals surface area contributed by atoms with Crippen LogP contribution in [0.3, 0.4) is 0 Å². The number of carbonyl (C=O) groups is 2. The van der Waals surface area contributed by atoms with E-state index in [1.54, 1.807) is 19.1 Å². The molecule has 0 fully saturated rings. The first-order valence-electron chi connectivity index (χ1n) is 5.64. The van der Waals surface area contributed by atoms with Crippen LogP contribution in [0, 0.1) is 0 Å². The molecular weight excluding hydrogens is 234 g/mol. The molecule has 1 amide bonds. The number of benzene rings is 1. The van der Waals surface area contributed by atoms with Gasteiger partial charge in [-0.3, -0.25) is 9.59 Å². The Balaban J connectivity index is 2.66. The summed E-state index contributed by atoms with van der Waals surface area (Å²) in [5, 5.41) is 11.2. The first kappa shape index (κ1) is 14.2. The summed E-state index contributed by atoms with van der Waals surface area (Å²) >= 11 is 0. The van der Waals surface area contributed by atoms with E-state index in [0.29, 0.717) is 0 Å². The smallest absolute Gasteiger partial charge is 0.305 e. The minimum Gasteiger partial charge on any atom is -0.481 e. The van der Waals surface area contributed by atoms with E-state index in [0.717, 1.165) is 5.56 Å². The van der Waals surface area contributed by atoms with Crippen LogP contribution in [0.1, 0.15) is 25.0 Å². The fourth-order valence-electron chi connectivity index (χ4n) is 1.65. The van der Waals surface area contributed by atoms with Gasteiger partial charge in [-0.1, -0.05) is 30.3 Å². The van der Waals surface area contributed by atoms with Gasteiger partial charge in [0.2, 0.25) is 0 Å². The highest BCUT2D eigenvalue weighted by Gasteiger charge is 2.21. The molecule has 0 saturated heterocycles. The maximum Gasteiger partial charge on any atom is 0.305 e. The third-order valence-electron chi connectivity index (χ3n) is 2.45. The Labute approximate surface area is 106 Å². The molecule has 2 N–H and O–H groups in total. The van der Waals surface area contributed by atoms with E-state index >= 15 is 0 Å². The molecule has 0 heterocycles. The predicted molar refractivity (Wildman–Crippen MR) is 66.0 cm³/mol. The van der Waals surface area contributed by atoms with Gasteiger partial charge in [-0.15, -0.1) is 0 Å². The summed E-state index contributed by atoms with van der Waals surface area (Å²) in [7, 11) is 1.44. The highest BCUT2D eigenvalue weighted by molar-refractivity contribution is 5.83. The Kier molecular flexibility index (Phi) is 5.32. The molecule has 1 aromatic rings. The Bertz CT molecular complexity index is 405. The van der Waals surface area contributed by atoms with Gasteiger partial charge in [0.1, 0.15) is 0 Å². The zero-order chi connectivity index (χ0) is 13.5. The molecule has 1 rings (SSSR count). The molecule has 0 saturated carbocycles. The largest absolute Gasteiger partial charge is 0.481 e. The van der Waals surface area contributed by atoms with Crippen LogP contribution in [0.15, 0.2) is 30.3 Å². The maximum atomic E-state index is 11.9. The van der Waals surface area contributed by atoms with Crippen molar-refractivity contribution in [3.05, 3.63) is 35.9 Å². The average Bonchev–Trinajstić information content (AvgIpc) is 2.29. The zero-order valence-corrected chi connectivity index (χ0v) is 10.4. The minimum absolute atomic E-state index is 0.114. The molecule has 5 heteroatoms. The summed E-state index contributed by atoms with van der Waals surface area (Å²) in [5.41, 5.74) is 0.736. The van der Waals surface area contributed by atoms with Crippen molar-refractivity contribution >= 4 is 11.9 Å². The summed E-state index contributed by atoms with van der Waals surface area (Å²) in [6.45, 7) is 1.64. The van der Waals surface area contributed by atoms with Crippen molar-refractivity contribution in [2.45, 2.75) is 25.5 Å². The number of rotatable bonds is 6. The molecule has 18 heavy (non-hydrogen) atoms. The van der Waals surface area contributed by atoms with Crippen molar-refractivity contribution < 1.29 is 19.4 Å². The quantitative estimate of drug-likeness (QED) is 0.800. The summed E-state index contributed by atoms with van der Waals surface area (Å²) in [4.78, 5) is 22.5. The standard InChI is InChI=1S/C13H17NO4/c1-9(8-11(15)16)14-13(17)12(18-2)10-6-4-3-5-7-10/h3-7,9,12H,8H2,1-2H3,(H,14,17)(H,15,16). The van der Waals surface area contributed by atoms with Crippen molar-refractivity contribution in [2.75, 3.05) is 7.11 Å². The Morgan fingerprint density at radius 2 is 1.94 bits per heavy atom. The first-order valence-corrected chi connectivity index (χ1v) is 5.64. The number of carbonyl (C=O) groups excluding carboxylic acids is 1. The number of hydrogen-bond acceptors (Lipinski definition) is 3. The molecule has 0 spiro atoms. The van der Waals surface area contributed by atoms with Gasteiger partial charge in [0.15, 0.2) is 6.10 Å². The molecule has 0 aliphatic carbocycles. The Morgan fingerprint density at radius 1 is 1.33 bits per heavy atom. The molecule has 1 aromatic carbocycles. The van der Waals surface area contributed by atoms with Gasteiger partial charge in [0.05, 0.1) is 6.42 Å². The number of hydrogen-bond donors (Lipinski definition) is 2. The molecule has 5 nitrogen and oxygen atoms in total. The van der Waals surface area contributed by atoms with E-state index in [1.807, 2.05) is 18.2 Å². The number of carboxylic acids is 1. The SMILES string of the molecule is COC(C(=O)NC(C)CC(=O)O)c1ccccc1. The third kappa shape index (κ3) is 4.18. The van der Waals surface area contributed by atoms with E-state index in [1.165, 1.54) is 7.11 Å². The van der Waals surface area contributed by atoms with E-state index in [2.05, 4.69) is 5.32 Å². The lowest BCUT2D eigenvalue weighted by Crippen LogP contribution is -2.38. The van der Waals surface area contributed by atoms with Gasteiger partial charge >= 0.3 is 5.97 Å². The lowest BCUT2D eigenvalue weighted by Gasteiger charge is -2.18. The molecular formula is C13H17NO4. The van der Waals surface area contributed by atoms with Gasteiger partial charge < -0.3 is 15.2 Å². The van der Waals surface area contributed by atoms with Gasteiger partial charge in [0.25, 0.3) is 5.91 Å². The fourth-order valence-corrected chi connectivity index (χ4v) is 1.65.